The summed E-state index contributed by atoms with van der Waals surface area (Å²) in [7, 11) is 4.11. The van der Waals surface area contributed by atoms with E-state index >= 15 is 0 Å². The zero-order valence-electron chi connectivity index (χ0n) is 16.6. The zero-order chi connectivity index (χ0) is 19.3. The average molecular weight is 369 g/mol. The van der Waals surface area contributed by atoms with E-state index in [1.54, 1.807) is 0 Å². The van der Waals surface area contributed by atoms with Gasteiger partial charge in [-0.2, -0.15) is 0 Å². The molecule has 0 radical (unpaired) electrons. The first-order valence-corrected chi connectivity index (χ1v) is 9.74. The van der Waals surface area contributed by atoms with Crippen LogP contribution in [0.5, 0.6) is 0 Å². The standard InChI is InChI=1S/C23H32N2O2/c1-25(2)22(18-21-12-7-4-8-13-21)19-24-23(26)14-9-16-27-17-15-20-10-5-3-6-11-20/h3-8,10-13,22H,9,14-19H2,1-2H3,(H,24,26). The Morgan fingerprint density at radius 1 is 0.963 bits per heavy atom. The van der Waals surface area contributed by atoms with Crippen molar-refractivity contribution < 1.29 is 9.53 Å². The number of nitrogens with zero attached hydrogens (tertiary/aromatic N) is 1. The summed E-state index contributed by atoms with van der Waals surface area (Å²) in [6.45, 7) is 1.99. The second-order valence-corrected chi connectivity index (χ2v) is 7.06. The normalized spacial score (nSPS) is 12.1. The van der Waals surface area contributed by atoms with Gasteiger partial charge in [-0.3, -0.25) is 4.79 Å². The van der Waals surface area contributed by atoms with Gasteiger partial charge in [-0.1, -0.05) is 60.7 Å². The van der Waals surface area contributed by atoms with Crippen molar-refractivity contribution in [3.8, 4) is 0 Å². The molecule has 0 aromatic heterocycles. The van der Waals surface area contributed by atoms with E-state index in [0.29, 0.717) is 32.2 Å². The molecule has 0 saturated heterocycles. The molecule has 27 heavy (non-hydrogen) atoms. The van der Waals surface area contributed by atoms with Crippen LogP contribution in [-0.2, 0) is 22.4 Å². The molecule has 0 fully saturated rings. The van der Waals surface area contributed by atoms with E-state index in [9.17, 15) is 4.79 Å². The van der Waals surface area contributed by atoms with Crippen LogP contribution in [0.1, 0.15) is 24.0 Å². The second-order valence-electron chi connectivity index (χ2n) is 7.06. The lowest BCUT2D eigenvalue weighted by Crippen LogP contribution is -2.41. The van der Waals surface area contributed by atoms with Gasteiger partial charge < -0.3 is 15.0 Å². The molecular formula is C23H32N2O2. The molecule has 0 saturated carbocycles. The highest BCUT2D eigenvalue weighted by Crippen LogP contribution is 2.06. The van der Waals surface area contributed by atoms with E-state index in [0.717, 1.165) is 19.3 Å². The van der Waals surface area contributed by atoms with Gasteiger partial charge in [0.15, 0.2) is 0 Å². The van der Waals surface area contributed by atoms with Gasteiger partial charge >= 0.3 is 0 Å². The molecule has 2 aromatic rings. The Labute approximate surface area is 163 Å². The van der Waals surface area contributed by atoms with E-state index < -0.39 is 0 Å². The van der Waals surface area contributed by atoms with Gasteiger partial charge in [0.1, 0.15) is 0 Å². The number of benzene rings is 2. The number of nitrogens with one attached hydrogen (secondary N) is 1. The third-order valence-electron chi connectivity index (χ3n) is 4.65. The summed E-state index contributed by atoms with van der Waals surface area (Å²) in [5.41, 5.74) is 2.57. The molecule has 1 amide bonds. The molecule has 0 aliphatic rings. The van der Waals surface area contributed by atoms with Gasteiger partial charge in [-0.15, -0.1) is 0 Å². The number of hydrogen-bond donors (Lipinski definition) is 1. The molecule has 0 spiro atoms. The van der Waals surface area contributed by atoms with Crippen LogP contribution in [0, 0.1) is 0 Å². The van der Waals surface area contributed by atoms with E-state index in [-0.39, 0.29) is 5.91 Å². The largest absolute Gasteiger partial charge is 0.381 e. The van der Waals surface area contributed by atoms with Crippen LogP contribution in [0.3, 0.4) is 0 Å². The molecule has 4 nitrogen and oxygen atoms in total. The molecule has 1 atom stereocenters. The van der Waals surface area contributed by atoms with Crippen LogP contribution in [0.2, 0.25) is 0 Å². The highest BCUT2D eigenvalue weighted by molar-refractivity contribution is 5.75. The van der Waals surface area contributed by atoms with Crippen LogP contribution in [0.15, 0.2) is 60.7 Å². The lowest BCUT2D eigenvalue weighted by Gasteiger charge is -2.24. The Balaban J connectivity index is 1.57. The Hall–Kier alpha value is -2.17. The fourth-order valence-electron chi connectivity index (χ4n) is 2.92. The van der Waals surface area contributed by atoms with Crippen LogP contribution in [0.4, 0.5) is 0 Å². The monoisotopic (exact) mass is 368 g/mol. The summed E-state index contributed by atoms with van der Waals surface area (Å²) < 4.78 is 5.64. The highest BCUT2D eigenvalue weighted by atomic mass is 16.5. The summed E-state index contributed by atoms with van der Waals surface area (Å²) in [6.07, 6.45) is 3.11. The topological polar surface area (TPSA) is 41.6 Å². The molecule has 0 bridgehead atoms. The number of rotatable bonds is 12. The van der Waals surface area contributed by atoms with E-state index in [1.165, 1.54) is 11.1 Å². The number of ether oxygens (including phenoxy) is 1. The van der Waals surface area contributed by atoms with Crippen molar-refractivity contribution in [1.29, 1.82) is 0 Å². The van der Waals surface area contributed by atoms with Crippen molar-refractivity contribution in [2.45, 2.75) is 31.7 Å². The predicted octanol–water partition coefficient (Wildman–Crippen LogP) is 3.32. The van der Waals surface area contributed by atoms with Crippen LogP contribution >= 0.6 is 0 Å². The minimum absolute atomic E-state index is 0.0987. The van der Waals surface area contributed by atoms with Gasteiger partial charge in [0.2, 0.25) is 5.91 Å². The maximum Gasteiger partial charge on any atom is 0.220 e. The lowest BCUT2D eigenvalue weighted by molar-refractivity contribution is -0.121. The third kappa shape index (κ3) is 8.85. The van der Waals surface area contributed by atoms with Gasteiger partial charge in [0.05, 0.1) is 6.61 Å². The van der Waals surface area contributed by atoms with Gasteiger partial charge in [-0.25, -0.2) is 0 Å². The second kappa shape index (κ2) is 12.3. The van der Waals surface area contributed by atoms with Crippen LogP contribution in [0.25, 0.3) is 0 Å². The lowest BCUT2D eigenvalue weighted by atomic mass is 10.1. The van der Waals surface area contributed by atoms with Gasteiger partial charge in [0.25, 0.3) is 0 Å². The molecule has 0 aliphatic carbocycles. The van der Waals surface area contributed by atoms with Crippen molar-refractivity contribution in [2.75, 3.05) is 33.9 Å². The Kier molecular flexibility index (Phi) is 9.60. The molecule has 146 valence electrons. The summed E-state index contributed by atoms with van der Waals surface area (Å²) in [5, 5.41) is 3.06. The highest BCUT2D eigenvalue weighted by Gasteiger charge is 2.13. The minimum atomic E-state index is 0.0987. The summed E-state index contributed by atoms with van der Waals surface area (Å²) in [5.74, 6) is 0.0987. The van der Waals surface area contributed by atoms with Crippen LogP contribution in [-0.4, -0.2) is 50.7 Å². The molecule has 1 unspecified atom stereocenters. The minimum Gasteiger partial charge on any atom is -0.381 e. The molecule has 1 N–H and O–H groups in total. The number of hydrogen-bond acceptors (Lipinski definition) is 3. The van der Waals surface area contributed by atoms with Gasteiger partial charge in [-0.05, 0) is 44.5 Å². The van der Waals surface area contributed by atoms with Crippen molar-refractivity contribution in [1.82, 2.24) is 10.2 Å². The number of amides is 1. The maximum atomic E-state index is 12.1. The fourth-order valence-corrected chi connectivity index (χ4v) is 2.92. The first-order valence-electron chi connectivity index (χ1n) is 9.74. The molecule has 2 rings (SSSR count). The summed E-state index contributed by atoms with van der Waals surface area (Å²) >= 11 is 0. The summed E-state index contributed by atoms with van der Waals surface area (Å²) in [4.78, 5) is 14.3. The quantitative estimate of drug-likeness (QED) is 0.585. The number of carbonyl (C=O) groups is 1. The molecule has 4 heteroatoms. The predicted molar refractivity (Wildman–Crippen MR) is 111 cm³/mol. The van der Waals surface area contributed by atoms with E-state index in [2.05, 4.69) is 60.7 Å². The molecular weight excluding hydrogens is 336 g/mol. The van der Waals surface area contributed by atoms with E-state index in [4.69, 9.17) is 4.74 Å². The fraction of sp³-hybridized carbons (Fsp3) is 0.435. The molecule has 0 aliphatic heterocycles. The van der Waals surface area contributed by atoms with Crippen molar-refractivity contribution >= 4 is 5.91 Å². The van der Waals surface area contributed by atoms with Crippen molar-refractivity contribution in [3.63, 3.8) is 0 Å². The van der Waals surface area contributed by atoms with E-state index in [1.807, 2.05) is 24.3 Å². The Bertz CT molecular complexity index is 644. The first-order chi connectivity index (χ1) is 13.1. The zero-order valence-corrected chi connectivity index (χ0v) is 16.6. The number of carbonyl (C=O) groups excluding carboxylic acids is 1. The van der Waals surface area contributed by atoms with Crippen molar-refractivity contribution in [3.05, 3.63) is 71.8 Å². The first kappa shape index (κ1) is 21.1. The third-order valence-corrected chi connectivity index (χ3v) is 4.65. The Morgan fingerprint density at radius 3 is 2.22 bits per heavy atom. The van der Waals surface area contributed by atoms with Crippen LogP contribution < -0.4 is 5.32 Å². The molecule has 0 heterocycles. The summed E-state index contributed by atoms with van der Waals surface area (Å²) in [6, 6.07) is 21.0. The maximum absolute atomic E-state index is 12.1. The van der Waals surface area contributed by atoms with Gasteiger partial charge in [0, 0.05) is 25.6 Å². The Morgan fingerprint density at radius 2 is 1.59 bits per heavy atom. The molecule has 2 aromatic carbocycles. The SMILES string of the molecule is CN(C)C(CNC(=O)CCCOCCc1ccccc1)Cc1ccccc1. The average Bonchev–Trinajstić information content (AvgIpc) is 2.69. The number of likely N-dealkylation sites (N-methyl/N-ethyl adjacent to an activating group) is 1. The smallest absolute Gasteiger partial charge is 0.220 e. The van der Waals surface area contributed by atoms with Crippen molar-refractivity contribution in [2.24, 2.45) is 0 Å².